The van der Waals surface area contributed by atoms with Gasteiger partial charge in [0.25, 0.3) is 5.91 Å². The van der Waals surface area contributed by atoms with Crippen molar-refractivity contribution in [2.75, 3.05) is 26.3 Å². The Balaban J connectivity index is 1.32. The molecule has 0 spiro atoms. The van der Waals surface area contributed by atoms with Crippen LogP contribution in [0.3, 0.4) is 0 Å². The first kappa shape index (κ1) is 24.2. The van der Waals surface area contributed by atoms with Crippen molar-refractivity contribution in [2.45, 2.75) is 11.0 Å². The van der Waals surface area contributed by atoms with Gasteiger partial charge < -0.3 is 20.2 Å². The van der Waals surface area contributed by atoms with E-state index in [1.165, 1.54) is 16.6 Å². The summed E-state index contributed by atoms with van der Waals surface area (Å²) in [6.45, 7) is 0.341. The number of hydrogen-bond donors (Lipinski definition) is 2. The predicted molar refractivity (Wildman–Crippen MR) is 133 cm³/mol. The molecule has 1 fully saturated rings. The summed E-state index contributed by atoms with van der Waals surface area (Å²) in [4.78, 5) is 23.3. The highest BCUT2D eigenvalue weighted by Gasteiger charge is 2.36. The molecule has 1 aliphatic rings. The Kier molecular flexibility index (Phi) is 6.63. The summed E-state index contributed by atoms with van der Waals surface area (Å²) < 4.78 is 39.9. The number of amides is 1. The average Bonchev–Trinajstić information content (AvgIpc) is 3.28. The number of carbonyl (C=O) groups is 1. The van der Waals surface area contributed by atoms with Gasteiger partial charge in [0.2, 0.25) is 15.9 Å². The molecule has 0 bridgehead atoms. The molecular formula is C24H22ClN5O5S. The van der Waals surface area contributed by atoms with Crippen molar-refractivity contribution < 1.29 is 22.7 Å². The van der Waals surface area contributed by atoms with Crippen LogP contribution in [-0.2, 0) is 14.8 Å². The topological polar surface area (TPSA) is 140 Å². The second-order valence-electron chi connectivity index (χ2n) is 8.16. The number of hydrogen-bond acceptors (Lipinski definition) is 7. The van der Waals surface area contributed by atoms with E-state index in [4.69, 9.17) is 26.8 Å². The Morgan fingerprint density at radius 1 is 1.19 bits per heavy atom. The molecule has 0 saturated carbocycles. The lowest BCUT2D eigenvalue weighted by Crippen LogP contribution is -2.47. The second-order valence-corrected chi connectivity index (χ2v) is 10.5. The summed E-state index contributed by atoms with van der Waals surface area (Å²) in [5.41, 5.74) is 7.37. The highest BCUT2D eigenvalue weighted by atomic mass is 35.5. The van der Waals surface area contributed by atoms with Gasteiger partial charge in [-0.3, -0.25) is 4.79 Å². The number of morpholine rings is 1. The van der Waals surface area contributed by atoms with Crippen molar-refractivity contribution in [3.63, 3.8) is 0 Å². The van der Waals surface area contributed by atoms with Crippen molar-refractivity contribution in [1.29, 1.82) is 0 Å². The number of H-pyrrole nitrogens is 1. The lowest BCUT2D eigenvalue weighted by Gasteiger charge is -2.32. The molecule has 5 rings (SSSR count). The van der Waals surface area contributed by atoms with Crippen molar-refractivity contribution in [3.05, 3.63) is 71.6 Å². The Morgan fingerprint density at radius 2 is 2.00 bits per heavy atom. The summed E-state index contributed by atoms with van der Waals surface area (Å²) in [5, 5.41) is 0.631. The number of benzene rings is 2. The maximum Gasteiger partial charge on any atom is 0.266 e. The lowest BCUT2D eigenvalue weighted by molar-refractivity contribution is -0.0257. The SMILES string of the molecule is NC(=O)c1[nH]c2ccc(Cl)cc2c1S(=O)(=O)N1CCO[C@H](COc2cnc(-c3ccccc3)cn2)C1. The van der Waals surface area contributed by atoms with Gasteiger partial charge in [0, 0.05) is 34.6 Å². The number of sulfonamides is 1. The number of fused-ring (bicyclic) bond motifs is 1. The standard InChI is InChI=1S/C24H22ClN5O5S/c25-16-6-7-19-18(10-16)23(22(29-19)24(26)31)36(32,33)30-8-9-34-17(13-30)14-35-21-12-27-20(11-28-21)15-4-2-1-3-5-15/h1-7,10-12,17,29H,8-9,13-14H2,(H2,26,31)/t17-/m0/s1. The van der Waals surface area contributed by atoms with E-state index in [1.54, 1.807) is 18.3 Å². The van der Waals surface area contributed by atoms with Gasteiger partial charge in [0.1, 0.15) is 23.3 Å². The van der Waals surface area contributed by atoms with E-state index < -0.39 is 22.0 Å². The van der Waals surface area contributed by atoms with Crippen LogP contribution < -0.4 is 10.5 Å². The molecule has 0 unspecified atom stereocenters. The van der Waals surface area contributed by atoms with Gasteiger partial charge in [0.05, 0.1) is 24.7 Å². The first-order chi connectivity index (χ1) is 17.3. The summed E-state index contributed by atoms with van der Waals surface area (Å²) in [7, 11) is -4.11. The third kappa shape index (κ3) is 4.78. The smallest absolute Gasteiger partial charge is 0.266 e. The molecule has 0 aliphatic carbocycles. The van der Waals surface area contributed by atoms with Crippen LogP contribution in [0.25, 0.3) is 22.2 Å². The Bertz CT molecular complexity index is 1510. The van der Waals surface area contributed by atoms with Crippen LogP contribution in [0.2, 0.25) is 5.02 Å². The predicted octanol–water partition coefficient (Wildman–Crippen LogP) is 2.85. The van der Waals surface area contributed by atoms with Crippen LogP contribution in [0.15, 0.2) is 65.8 Å². The molecule has 1 saturated heterocycles. The van der Waals surface area contributed by atoms with Gasteiger partial charge in [-0.2, -0.15) is 4.31 Å². The number of aromatic nitrogens is 3. The quantitative estimate of drug-likeness (QED) is 0.376. The zero-order valence-corrected chi connectivity index (χ0v) is 20.5. The van der Waals surface area contributed by atoms with Gasteiger partial charge in [-0.05, 0) is 18.2 Å². The number of nitrogens with two attached hydrogens (primary N) is 1. The van der Waals surface area contributed by atoms with Crippen LogP contribution in [0.4, 0.5) is 0 Å². The van der Waals surface area contributed by atoms with Crippen LogP contribution in [0.1, 0.15) is 10.5 Å². The molecule has 0 radical (unpaired) electrons. The van der Waals surface area contributed by atoms with E-state index in [1.807, 2.05) is 30.3 Å². The van der Waals surface area contributed by atoms with E-state index in [-0.39, 0.29) is 36.9 Å². The molecule has 1 aliphatic heterocycles. The molecule has 2 aromatic heterocycles. The number of nitrogens with zero attached hydrogens (tertiary/aromatic N) is 3. The highest BCUT2D eigenvalue weighted by Crippen LogP contribution is 2.32. The summed E-state index contributed by atoms with van der Waals surface area (Å²) >= 11 is 6.10. The minimum atomic E-state index is -4.11. The molecule has 10 nitrogen and oxygen atoms in total. The number of ether oxygens (including phenoxy) is 2. The maximum absolute atomic E-state index is 13.6. The molecule has 3 N–H and O–H groups in total. The summed E-state index contributed by atoms with van der Waals surface area (Å²) in [6, 6.07) is 14.3. The average molecular weight is 528 g/mol. The van der Waals surface area contributed by atoms with E-state index in [9.17, 15) is 13.2 Å². The molecule has 12 heteroatoms. The Labute approximate surface area is 212 Å². The van der Waals surface area contributed by atoms with Crippen LogP contribution in [-0.4, -0.2) is 66.0 Å². The Hall–Kier alpha value is -3.51. The molecule has 36 heavy (non-hydrogen) atoms. The van der Waals surface area contributed by atoms with Crippen molar-refractivity contribution in [3.8, 4) is 17.1 Å². The Morgan fingerprint density at radius 3 is 2.72 bits per heavy atom. The van der Waals surface area contributed by atoms with Crippen molar-refractivity contribution in [2.24, 2.45) is 5.73 Å². The largest absolute Gasteiger partial charge is 0.474 e. The van der Waals surface area contributed by atoms with E-state index in [0.29, 0.717) is 27.5 Å². The number of aromatic amines is 1. The fourth-order valence-corrected chi connectivity index (χ4v) is 6.01. The first-order valence-corrected chi connectivity index (χ1v) is 12.9. The number of nitrogens with one attached hydrogen (secondary N) is 1. The minimum Gasteiger partial charge on any atom is -0.474 e. The van der Waals surface area contributed by atoms with Crippen LogP contribution in [0.5, 0.6) is 5.88 Å². The molecular weight excluding hydrogens is 506 g/mol. The lowest BCUT2D eigenvalue weighted by atomic mass is 10.2. The number of primary amides is 1. The van der Waals surface area contributed by atoms with Gasteiger partial charge in [0.15, 0.2) is 0 Å². The van der Waals surface area contributed by atoms with Crippen LogP contribution >= 0.6 is 11.6 Å². The zero-order chi connectivity index (χ0) is 25.3. The normalized spacial score (nSPS) is 16.8. The second kappa shape index (κ2) is 9.86. The van der Waals surface area contributed by atoms with Crippen LogP contribution in [0, 0.1) is 0 Å². The van der Waals surface area contributed by atoms with E-state index >= 15 is 0 Å². The number of rotatable bonds is 7. The van der Waals surface area contributed by atoms with E-state index in [2.05, 4.69) is 15.0 Å². The molecule has 2 aromatic carbocycles. The van der Waals surface area contributed by atoms with Gasteiger partial charge in [-0.1, -0.05) is 41.9 Å². The molecule has 4 aromatic rings. The highest BCUT2D eigenvalue weighted by molar-refractivity contribution is 7.89. The summed E-state index contributed by atoms with van der Waals surface area (Å²) in [5.74, 6) is -0.591. The molecule has 186 valence electrons. The fraction of sp³-hybridized carbons (Fsp3) is 0.208. The van der Waals surface area contributed by atoms with Gasteiger partial charge >= 0.3 is 0 Å². The monoisotopic (exact) mass is 527 g/mol. The number of halogens is 1. The van der Waals surface area contributed by atoms with Gasteiger partial charge in [-0.15, -0.1) is 0 Å². The first-order valence-electron chi connectivity index (χ1n) is 11.1. The minimum absolute atomic E-state index is 0.0172. The third-order valence-electron chi connectivity index (χ3n) is 5.77. The van der Waals surface area contributed by atoms with Crippen molar-refractivity contribution >= 4 is 38.4 Å². The third-order valence-corrected chi connectivity index (χ3v) is 7.96. The molecule has 3 heterocycles. The van der Waals surface area contributed by atoms with E-state index in [0.717, 1.165) is 5.56 Å². The number of carbonyl (C=O) groups excluding carboxylic acids is 1. The maximum atomic E-state index is 13.6. The summed E-state index contributed by atoms with van der Waals surface area (Å²) in [6.07, 6.45) is 2.56. The fourth-order valence-electron chi connectivity index (χ4n) is 4.05. The van der Waals surface area contributed by atoms with Gasteiger partial charge in [-0.25, -0.2) is 18.4 Å². The molecule has 1 amide bonds. The van der Waals surface area contributed by atoms with Crippen molar-refractivity contribution in [1.82, 2.24) is 19.3 Å². The zero-order valence-electron chi connectivity index (χ0n) is 18.9. The molecule has 1 atom stereocenters.